The third kappa shape index (κ3) is 10.8. The Labute approximate surface area is 203 Å². The van der Waals surface area contributed by atoms with Crippen molar-refractivity contribution in [1.29, 1.82) is 0 Å². The van der Waals surface area contributed by atoms with Crippen LogP contribution in [0.5, 0.6) is 0 Å². The fraction of sp³-hybridized carbons (Fsp3) is 0.321. The summed E-state index contributed by atoms with van der Waals surface area (Å²) in [4.78, 5) is 28.4. The summed E-state index contributed by atoms with van der Waals surface area (Å²) < 4.78 is 0. The zero-order chi connectivity index (χ0) is 25.3. The van der Waals surface area contributed by atoms with E-state index in [1.165, 1.54) is 18.8 Å². The Morgan fingerprint density at radius 1 is 0.971 bits per heavy atom. The average molecular weight is 463 g/mol. The number of rotatable bonds is 11. The van der Waals surface area contributed by atoms with Crippen molar-refractivity contribution in [2.45, 2.75) is 59.5 Å². The van der Waals surface area contributed by atoms with E-state index in [4.69, 9.17) is 11.5 Å². The first kappa shape index (κ1) is 28.4. The Morgan fingerprint density at radius 3 is 2.06 bits per heavy atom. The average Bonchev–Trinajstić information content (AvgIpc) is 2.82. The Morgan fingerprint density at radius 2 is 1.53 bits per heavy atom. The third-order valence-corrected chi connectivity index (χ3v) is 4.68. The Balaban J connectivity index is 0.00000182. The number of benzene rings is 2. The molecular formula is C28H38N4O2. The van der Waals surface area contributed by atoms with Crippen LogP contribution >= 0.6 is 0 Å². The second-order valence-corrected chi connectivity index (χ2v) is 7.99. The van der Waals surface area contributed by atoms with Gasteiger partial charge in [-0.25, -0.2) is 0 Å². The Hall–Kier alpha value is -3.67. The molecule has 0 aromatic heterocycles. The molecule has 2 aromatic carbocycles. The minimum atomic E-state index is -0.302. The maximum atomic E-state index is 12.3. The summed E-state index contributed by atoms with van der Waals surface area (Å²) in [6.07, 6.45) is 5.89. The van der Waals surface area contributed by atoms with Crippen LogP contribution in [0.3, 0.4) is 0 Å². The number of carbonyl (C=O) groups is 2. The first-order valence-electron chi connectivity index (χ1n) is 11.7. The summed E-state index contributed by atoms with van der Waals surface area (Å²) in [7, 11) is 0. The molecule has 6 heteroatoms. The van der Waals surface area contributed by atoms with Gasteiger partial charge in [-0.3, -0.25) is 14.6 Å². The minimum Gasteiger partial charge on any atom is -0.404 e. The molecule has 5 N–H and O–H groups in total. The van der Waals surface area contributed by atoms with E-state index >= 15 is 0 Å². The highest BCUT2D eigenvalue weighted by atomic mass is 16.1. The van der Waals surface area contributed by atoms with Crippen LogP contribution in [0.15, 0.2) is 71.9 Å². The molecule has 6 nitrogen and oxygen atoms in total. The lowest BCUT2D eigenvalue weighted by molar-refractivity contribution is -0.118. The Bertz CT molecular complexity index is 974. The number of hydrogen-bond acceptors (Lipinski definition) is 5. The predicted octanol–water partition coefficient (Wildman–Crippen LogP) is 4.67. The minimum absolute atomic E-state index is 0.248. The van der Waals surface area contributed by atoms with E-state index in [9.17, 15) is 9.59 Å². The molecule has 0 aliphatic heterocycles. The van der Waals surface area contributed by atoms with Gasteiger partial charge in [0, 0.05) is 37.5 Å². The van der Waals surface area contributed by atoms with Crippen LogP contribution < -0.4 is 16.8 Å². The number of amides is 1. The van der Waals surface area contributed by atoms with Crippen LogP contribution in [0, 0.1) is 0 Å². The van der Waals surface area contributed by atoms with Gasteiger partial charge in [0.15, 0.2) is 0 Å². The topological polar surface area (TPSA) is 111 Å². The first-order chi connectivity index (χ1) is 16.3. The molecule has 0 bridgehead atoms. The van der Waals surface area contributed by atoms with E-state index in [0.29, 0.717) is 31.6 Å². The van der Waals surface area contributed by atoms with Crippen LogP contribution in [-0.2, 0) is 29.1 Å². The lowest BCUT2D eigenvalue weighted by Gasteiger charge is -2.07. The van der Waals surface area contributed by atoms with Gasteiger partial charge in [-0.1, -0.05) is 82.3 Å². The van der Waals surface area contributed by atoms with Crippen LogP contribution in [-0.4, -0.2) is 17.9 Å². The molecule has 0 aliphatic rings. The molecule has 0 aliphatic carbocycles. The SMILES string of the molecule is C=C(N)c1ccc(CNC(=O)/C(C=NCc2ccc(CC(=O)CCC)cc2)=C/N)cc1.CCC. The summed E-state index contributed by atoms with van der Waals surface area (Å²) in [5.74, 6) is -0.0545. The quantitative estimate of drug-likeness (QED) is 0.333. The second kappa shape index (κ2) is 16.0. The van der Waals surface area contributed by atoms with Crippen molar-refractivity contribution in [3.8, 4) is 0 Å². The van der Waals surface area contributed by atoms with Crippen molar-refractivity contribution < 1.29 is 9.59 Å². The van der Waals surface area contributed by atoms with Gasteiger partial charge in [-0.15, -0.1) is 0 Å². The number of hydrogen-bond donors (Lipinski definition) is 3. The molecule has 34 heavy (non-hydrogen) atoms. The number of nitrogens with zero attached hydrogens (tertiary/aromatic N) is 1. The lowest BCUT2D eigenvalue weighted by atomic mass is 10.0. The normalized spacial score (nSPS) is 11.0. The first-order valence-corrected chi connectivity index (χ1v) is 11.7. The van der Waals surface area contributed by atoms with Crippen molar-refractivity contribution >= 4 is 23.6 Å². The molecule has 0 radical (unpaired) electrons. The molecule has 2 rings (SSSR count). The van der Waals surface area contributed by atoms with E-state index in [1.54, 1.807) is 0 Å². The summed E-state index contributed by atoms with van der Waals surface area (Å²) in [5.41, 5.74) is 15.8. The van der Waals surface area contributed by atoms with Crippen LogP contribution in [0.2, 0.25) is 0 Å². The van der Waals surface area contributed by atoms with Gasteiger partial charge in [-0.05, 0) is 28.7 Å². The number of nitrogens with one attached hydrogen (secondary N) is 1. The fourth-order valence-electron chi connectivity index (χ4n) is 2.91. The smallest absolute Gasteiger partial charge is 0.254 e. The molecule has 0 unspecified atom stereocenters. The maximum Gasteiger partial charge on any atom is 0.254 e. The van der Waals surface area contributed by atoms with Gasteiger partial charge in [0.05, 0.1) is 12.1 Å². The molecule has 182 valence electrons. The highest BCUT2D eigenvalue weighted by Gasteiger charge is 2.07. The number of ketones is 1. The van der Waals surface area contributed by atoms with E-state index in [1.807, 2.05) is 55.5 Å². The molecule has 0 spiro atoms. The van der Waals surface area contributed by atoms with Gasteiger partial charge in [0.1, 0.15) is 5.78 Å². The summed E-state index contributed by atoms with van der Waals surface area (Å²) in [6.45, 7) is 10.7. The molecule has 2 aromatic rings. The largest absolute Gasteiger partial charge is 0.404 e. The van der Waals surface area contributed by atoms with Crippen molar-refractivity contribution in [3.05, 3.63) is 89.1 Å². The van der Waals surface area contributed by atoms with E-state index in [-0.39, 0.29) is 17.3 Å². The lowest BCUT2D eigenvalue weighted by Crippen LogP contribution is -2.25. The highest BCUT2D eigenvalue weighted by molar-refractivity contribution is 6.11. The number of aliphatic imine (C=N–C) groups is 1. The molecule has 0 fully saturated rings. The fourth-order valence-corrected chi connectivity index (χ4v) is 2.91. The van der Waals surface area contributed by atoms with Crippen molar-refractivity contribution in [2.75, 3.05) is 0 Å². The summed E-state index contributed by atoms with van der Waals surface area (Å²) in [5, 5.41) is 2.82. The standard InChI is InChI=1S/C25H30N4O2.C3H8/c1-3-4-24(30)13-19-5-7-20(8-6-19)15-28-17-23(14-26)25(31)29-16-21-9-11-22(12-10-21)18(2)27;1-3-2/h5-12,14,17H,2-4,13,15-16,26-27H2,1H3,(H,29,31);3H2,1-2H3/b23-14+,28-17?;. The van der Waals surface area contributed by atoms with Gasteiger partial charge in [-0.2, -0.15) is 0 Å². The Kier molecular flexibility index (Phi) is 13.4. The van der Waals surface area contributed by atoms with Crippen LogP contribution in [0.4, 0.5) is 0 Å². The second-order valence-electron chi connectivity index (χ2n) is 7.99. The van der Waals surface area contributed by atoms with Gasteiger partial charge < -0.3 is 16.8 Å². The third-order valence-electron chi connectivity index (χ3n) is 4.68. The van der Waals surface area contributed by atoms with Crippen LogP contribution in [0.25, 0.3) is 5.70 Å². The monoisotopic (exact) mass is 462 g/mol. The van der Waals surface area contributed by atoms with E-state index < -0.39 is 0 Å². The van der Waals surface area contributed by atoms with E-state index in [2.05, 4.69) is 30.7 Å². The molecule has 0 saturated carbocycles. The highest BCUT2D eigenvalue weighted by Crippen LogP contribution is 2.10. The molecular weight excluding hydrogens is 424 g/mol. The summed E-state index contributed by atoms with van der Waals surface area (Å²) >= 11 is 0. The zero-order valence-corrected chi connectivity index (χ0v) is 20.6. The van der Waals surface area contributed by atoms with Crippen LogP contribution in [0.1, 0.15) is 62.3 Å². The molecule has 0 atom stereocenters. The van der Waals surface area contributed by atoms with Crippen molar-refractivity contribution in [3.63, 3.8) is 0 Å². The van der Waals surface area contributed by atoms with E-state index in [0.717, 1.165) is 28.7 Å². The van der Waals surface area contributed by atoms with Gasteiger partial charge in [0.2, 0.25) is 0 Å². The molecule has 0 heterocycles. The number of nitrogens with two attached hydrogens (primary N) is 2. The maximum absolute atomic E-state index is 12.3. The number of carbonyl (C=O) groups excluding carboxylic acids is 2. The van der Waals surface area contributed by atoms with Crippen molar-refractivity contribution in [2.24, 2.45) is 16.5 Å². The number of Topliss-reactive ketones (excluding diaryl/α,β-unsaturated/α-hetero) is 1. The summed E-state index contributed by atoms with van der Waals surface area (Å²) in [6, 6.07) is 15.2. The predicted molar refractivity (Wildman–Crippen MR) is 142 cm³/mol. The molecule has 1 amide bonds. The van der Waals surface area contributed by atoms with Gasteiger partial charge >= 0.3 is 0 Å². The van der Waals surface area contributed by atoms with Gasteiger partial charge in [0.25, 0.3) is 5.91 Å². The zero-order valence-electron chi connectivity index (χ0n) is 20.6. The van der Waals surface area contributed by atoms with Crippen molar-refractivity contribution in [1.82, 2.24) is 5.32 Å². The molecule has 0 saturated heterocycles.